The van der Waals surface area contributed by atoms with Gasteiger partial charge in [-0.2, -0.15) is 28.0 Å². The normalized spacial score (nSPS) is 19.9. The highest BCUT2D eigenvalue weighted by Gasteiger charge is 2.22. The van der Waals surface area contributed by atoms with Gasteiger partial charge in [0.2, 0.25) is 0 Å². The molecule has 2 aromatic rings. The van der Waals surface area contributed by atoms with Gasteiger partial charge in [0.05, 0.1) is 0 Å². The highest BCUT2D eigenvalue weighted by molar-refractivity contribution is 8.06. The molecule has 0 aromatic carbocycles. The molecule has 0 saturated carbocycles. The van der Waals surface area contributed by atoms with Gasteiger partial charge >= 0.3 is 0 Å². The van der Waals surface area contributed by atoms with E-state index in [-0.39, 0.29) is 5.41 Å². The molecular weight excluding hydrogens is 302 g/mol. The Kier molecular flexibility index (Phi) is 4.31. The van der Waals surface area contributed by atoms with E-state index in [0.717, 1.165) is 23.8 Å². The van der Waals surface area contributed by atoms with Crippen LogP contribution < -0.4 is 5.32 Å². The third-order valence-electron chi connectivity index (χ3n) is 3.33. The topological polar surface area (TPSA) is 55.1 Å². The van der Waals surface area contributed by atoms with E-state index < -0.39 is 0 Å². The summed E-state index contributed by atoms with van der Waals surface area (Å²) in [5.41, 5.74) is 0.731. The minimum absolute atomic E-state index is 0.0685. The molecule has 21 heavy (non-hydrogen) atoms. The summed E-state index contributed by atoms with van der Waals surface area (Å²) in [6.45, 7) is 7.34. The van der Waals surface area contributed by atoms with Crippen LogP contribution in [0.1, 0.15) is 26.6 Å². The third kappa shape index (κ3) is 3.45. The van der Waals surface area contributed by atoms with E-state index >= 15 is 0 Å². The Morgan fingerprint density at radius 2 is 2.14 bits per heavy atom. The van der Waals surface area contributed by atoms with E-state index in [1.54, 1.807) is 0 Å². The number of hydrogen-bond donors (Lipinski definition) is 1. The van der Waals surface area contributed by atoms with Crippen LogP contribution in [-0.2, 0) is 5.41 Å². The van der Waals surface area contributed by atoms with Crippen molar-refractivity contribution in [1.29, 1.82) is 0 Å². The molecule has 0 bridgehead atoms. The molecule has 1 N–H and O–H groups in total. The van der Waals surface area contributed by atoms with Gasteiger partial charge in [0, 0.05) is 34.5 Å². The molecule has 0 aliphatic carbocycles. The van der Waals surface area contributed by atoms with Crippen molar-refractivity contribution in [3.63, 3.8) is 0 Å². The fourth-order valence-electron chi connectivity index (χ4n) is 2.22. The van der Waals surface area contributed by atoms with Gasteiger partial charge in [-0.25, -0.2) is 0 Å². The van der Waals surface area contributed by atoms with Crippen LogP contribution in [0.3, 0.4) is 0 Å². The summed E-state index contributed by atoms with van der Waals surface area (Å²) >= 11 is 4.09. The average Bonchev–Trinajstić information content (AvgIpc) is 2.89. The first-order valence-electron chi connectivity index (χ1n) is 7.20. The van der Waals surface area contributed by atoms with E-state index in [1.807, 2.05) is 28.4 Å². The van der Waals surface area contributed by atoms with E-state index in [4.69, 9.17) is 0 Å². The molecule has 2 aromatic heterocycles. The van der Waals surface area contributed by atoms with Gasteiger partial charge in [-0.05, 0) is 12.1 Å². The molecule has 3 rings (SSSR count). The predicted molar refractivity (Wildman–Crippen MR) is 91.5 cm³/mol. The fourth-order valence-corrected chi connectivity index (χ4v) is 4.84. The van der Waals surface area contributed by atoms with Crippen molar-refractivity contribution >= 4 is 35.0 Å². The summed E-state index contributed by atoms with van der Waals surface area (Å²) in [5.74, 6) is 5.54. The summed E-state index contributed by atoms with van der Waals surface area (Å²) in [4.78, 5) is 0. The Morgan fingerprint density at radius 3 is 2.86 bits per heavy atom. The van der Waals surface area contributed by atoms with Gasteiger partial charge in [-0.1, -0.05) is 20.8 Å². The lowest BCUT2D eigenvalue weighted by atomic mass is 9.96. The quantitative estimate of drug-likeness (QED) is 0.937. The largest absolute Gasteiger partial charge is 0.367 e. The Balaban J connectivity index is 1.76. The number of fused-ring (bicyclic) bond motifs is 1. The molecule has 0 spiro atoms. The average molecular weight is 323 g/mol. The van der Waals surface area contributed by atoms with Crippen molar-refractivity contribution in [2.45, 2.75) is 31.4 Å². The summed E-state index contributed by atoms with van der Waals surface area (Å²) in [6, 6.07) is 3.96. The van der Waals surface area contributed by atoms with Gasteiger partial charge in [-0.3, -0.25) is 0 Å². The lowest BCUT2D eigenvalue weighted by Crippen LogP contribution is -2.24. The van der Waals surface area contributed by atoms with Crippen LogP contribution in [-0.4, -0.2) is 48.9 Å². The second kappa shape index (κ2) is 6.04. The molecule has 0 radical (unpaired) electrons. The fraction of sp³-hybridized carbons (Fsp3) is 0.643. The Hall–Kier alpha value is -0.950. The molecule has 3 heterocycles. The summed E-state index contributed by atoms with van der Waals surface area (Å²) in [6.07, 6.45) is 0. The Morgan fingerprint density at radius 1 is 1.29 bits per heavy atom. The molecule has 114 valence electrons. The van der Waals surface area contributed by atoms with Crippen LogP contribution >= 0.6 is 23.5 Å². The lowest BCUT2D eigenvalue weighted by molar-refractivity contribution is 0.527. The van der Waals surface area contributed by atoms with Crippen molar-refractivity contribution in [2.75, 3.05) is 29.1 Å². The molecule has 7 heteroatoms. The first kappa shape index (κ1) is 15.0. The van der Waals surface area contributed by atoms with Crippen molar-refractivity contribution in [3.05, 3.63) is 18.0 Å². The monoisotopic (exact) mass is 323 g/mol. The number of anilines is 1. The zero-order valence-corrected chi connectivity index (χ0v) is 14.3. The van der Waals surface area contributed by atoms with Crippen LogP contribution in [0.4, 0.5) is 5.82 Å². The number of nitrogens with zero attached hydrogens (tertiary/aromatic N) is 4. The van der Waals surface area contributed by atoms with Crippen LogP contribution in [0, 0.1) is 0 Å². The van der Waals surface area contributed by atoms with E-state index in [0.29, 0.717) is 5.25 Å². The minimum Gasteiger partial charge on any atom is -0.367 e. The highest BCUT2D eigenvalue weighted by atomic mass is 32.2. The standard InChI is InChI=1S/C14H21N5S2/c1-14(2,3)13-17-16-12-5-4-11(18-19(12)13)15-8-10-9-20-6-7-21-10/h4-5,10H,6-9H2,1-3H3,(H,15,18). The van der Waals surface area contributed by atoms with Gasteiger partial charge < -0.3 is 5.32 Å². The summed E-state index contributed by atoms with van der Waals surface area (Å²) in [7, 11) is 0. The van der Waals surface area contributed by atoms with Crippen LogP contribution in [0.2, 0.25) is 0 Å². The van der Waals surface area contributed by atoms with Gasteiger partial charge in [0.25, 0.3) is 0 Å². The van der Waals surface area contributed by atoms with Crippen molar-refractivity contribution in [1.82, 2.24) is 19.8 Å². The zero-order valence-electron chi connectivity index (χ0n) is 12.7. The van der Waals surface area contributed by atoms with Crippen molar-refractivity contribution in [2.24, 2.45) is 0 Å². The number of thioether (sulfide) groups is 2. The maximum absolute atomic E-state index is 4.65. The van der Waals surface area contributed by atoms with Gasteiger partial charge in [-0.15, -0.1) is 15.3 Å². The second-order valence-electron chi connectivity index (χ2n) is 6.21. The van der Waals surface area contributed by atoms with Crippen molar-refractivity contribution in [3.8, 4) is 0 Å². The molecule has 0 amide bonds. The number of nitrogens with one attached hydrogen (secondary N) is 1. The molecule has 1 aliphatic heterocycles. The zero-order chi connectivity index (χ0) is 14.9. The smallest absolute Gasteiger partial charge is 0.178 e. The maximum Gasteiger partial charge on any atom is 0.178 e. The molecule has 1 aliphatic rings. The Labute approximate surface area is 133 Å². The second-order valence-corrected chi connectivity index (χ2v) is 8.77. The van der Waals surface area contributed by atoms with E-state index in [1.165, 1.54) is 17.3 Å². The molecular formula is C14H21N5S2. The number of hydrogen-bond acceptors (Lipinski definition) is 6. The van der Waals surface area contributed by atoms with Crippen LogP contribution in [0.5, 0.6) is 0 Å². The van der Waals surface area contributed by atoms with Gasteiger partial charge in [0.1, 0.15) is 5.82 Å². The summed E-state index contributed by atoms with van der Waals surface area (Å²) < 4.78 is 1.85. The first-order valence-corrected chi connectivity index (χ1v) is 9.40. The molecule has 1 saturated heterocycles. The first-order chi connectivity index (χ1) is 10.0. The Bertz CT molecular complexity index is 613. The van der Waals surface area contributed by atoms with E-state index in [9.17, 15) is 0 Å². The minimum atomic E-state index is -0.0685. The highest BCUT2D eigenvalue weighted by Crippen LogP contribution is 2.24. The van der Waals surface area contributed by atoms with Crippen molar-refractivity contribution < 1.29 is 0 Å². The van der Waals surface area contributed by atoms with Gasteiger partial charge in [0.15, 0.2) is 11.5 Å². The predicted octanol–water partition coefficient (Wildman–Crippen LogP) is 2.68. The molecule has 5 nitrogen and oxygen atoms in total. The molecule has 1 unspecified atom stereocenters. The summed E-state index contributed by atoms with van der Waals surface area (Å²) in [5, 5.41) is 17.2. The third-order valence-corrected chi connectivity index (χ3v) is 6.17. The van der Waals surface area contributed by atoms with Crippen LogP contribution in [0.25, 0.3) is 5.65 Å². The van der Waals surface area contributed by atoms with E-state index in [2.05, 4.69) is 53.1 Å². The molecule has 1 atom stereocenters. The number of aromatic nitrogens is 4. The lowest BCUT2D eigenvalue weighted by Gasteiger charge is -2.21. The maximum atomic E-state index is 4.65. The van der Waals surface area contributed by atoms with Crippen LogP contribution in [0.15, 0.2) is 12.1 Å². The molecule has 1 fully saturated rings. The number of rotatable bonds is 3. The SMILES string of the molecule is CC(C)(C)c1nnc2ccc(NCC3CSCCS3)nn12.